The molecule has 1 aliphatic heterocycles. The molecule has 0 atom stereocenters. The number of rotatable bonds is 3. The first kappa shape index (κ1) is 13.3. The van der Waals surface area contributed by atoms with Crippen LogP contribution in [0.2, 0.25) is 0 Å². The molecule has 2 nitrogen and oxygen atoms in total. The van der Waals surface area contributed by atoms with Gasteiger partial charge in [-0.3, -0.25) is 4.79 Å². The van der Waals surface area contributed by atoms with E-state index < -0.39 is 0 Å². The third-order valence-corrected chi connectivity index (χ3v) is 3.85. The molecule has 1 saturated heterocycles. The van der Waals surface area contributed by atoms with Crippen LogP contribution in [0.1, 0.15) is 36.5 Å². The van der Waals surface area contributed by atoms with Crippen molar-refractivity contribution in [1.29, 1.82) is 0 Å². The van der Waals surface area contributed by atoms with Crippen molar-refractivity contribution in [1.82, 2.24) is 4.90 Å². The zero-order chi connectivity index (χ0) is 13.0. The molecule has 0 N–H and O–H groups in total. The minimum absolute atomic E-state index is 0.0885. The molecule has 0 spiro atoms. The molecular formula is C15H18BrNO. The summed E-state index contributed by atoms with van der Waals surface area (Å²) in [6, 6.07) is 7.51. The van der Waals surface area contributed by atoms with Gasteiger partial charge in [0.2, 0.25) is 0 Å². The summed E-state index contributed by atoms with van der Waals surface area (Å²) in [5, 5.41) is 0. The van der Waals surface area contributed by atoms with Crippen LogP contribution >= 0.6 is 15.9 Å². The third kappa shape index (κ3) is 3.45. The summed E-state index contributed by atoms with van der Waals surface area (Å²) >= 11 is 3.37. The highest BCUT2D eigenvalue weighted by Crippen LogP contribution is 2.16. The molecule has 1 aromatic carbocycles. The molecule has 1 aromatic rings. The maximum Gasteiger partial charge on any atom is 0.187 e. The number of ketones is 1. The molecule has 1 fully saturated rings. The van der Waals surface area contributed by atoms with Gasteiger partial charge in [0.1, 0.15) is 0 Å². The van der Waals surface area contributed by atoms with E-state index in [2.05, 4.69) is 20.8 Å². The van der Waals surface area contributed by atoms with E-state index in [0.717, 1.165) is 28.8 Å². The lowest BCUT2D eigenvalue weighted by Gasteiger charge is -2.29. The van der Waals surface area contributed by atoms with Crippen LogP contribution in [0.4, 0.5) is 0 Å². The molecule has 3 heteroatoms. The molecule has 1 aliphatic rings. The number of allylic oxidation sites excluding steroid dienone is 2. The first-order chi connectivity index (χ1) is 8.66. The molecule has 96 valence electrons. The van der Waals surface area contributed by atoms with Gasteiger partial charge in [-0.2, -0.15) is 0 Å². The Morgan fingerprint density at radius 1 is 1.17 bits per heavy atom. The second-order valence-electron chi connectivity index (χ2n) is 4.70. The van der Waals surface area contributed by atoms with Gasteiger partial charge in [-0.1, -0.05) is 15.9 Å². The first-order valence-corrected chi connectivity index (χ1v) is 7.19. The standard InChI is InChI=1S/C15H18BrNO/c1-12(17-9-3-2-4-10-17)11-15(18)13-5-7-14(16)8-6-13/h5-8,11H,2-4,9-10H2,1H3/b12-11+. The van der Waals surface area contributed by atoms with E-state index in [1.54, 1.807) is 6.08 Å². The fourth-order valence-electron chi connectivity index (χ4n) is 2.23. The van der Waals surface area contributed by atoms with E-state index in [-0.39, 0.29) is 5.78 Å². The lowest BCUT2D eigenvalue weighted by molar-refractivity contribution is 0.104. The van der Waals surface area contributed by atoms with Crippen LogP contribution in [0.3, 0.4) is 0 Å². The van der Waals surface area contributed by atoms with Gasteiger partial charge < -0.3 is 4.90 Å². The topological polar surface area (TPSA) is 20.3 Å². The van der Waals surface area contributed by atoms with Crippen molar-refractivity contribution in [2.45, 2.75) is 26.2 Å². The number of halogens is 1. The fraction of sp³-hybridized carbons (Fsp3) is 0.400. The van der Waals surface area contributed by atoms with Crippen molar-refractivity contribution in [2.75, 3.05) is 13.1 Å². The number of piperidine rings is 1. The quantitative estimate of drug-likeness (QED) is 0.621. The number of carbonyl (C=O) groups is 1. The van der Waals surface area contributed by atoms with E-state index >= 15 is 0 Å². The van der Waals surface area contributed by atoms with E-state index in [0.29, 0.717) is 0 Å². The van der Waals surface area contributed by atoms with E-state index in [1.165, 1.54) is 19.3 Å². The smallest absolute Gasteiger partial charge is 0.187 e. The average molecular weight is 308 g/mol. The molecule has 0 unspecified atom stereocenters. The highest BCUT2D eigenvalue weighted by atomic mass is 79.9. The Bertz CT molecular complexity index is 444. The molecule has 0 amide bonds. The minimum Gasteiger partial charge on any atom is -0.375 e. The second-order valence-corrected chi connectivity index (χ2v) is 5.62. The van der Waals surface area contributed by atoms with Crippen molar-refractivity contribution in [3.8, 4) is 0 Å². The summed E-state index contributed by atoms with van der Waals surface area (Å²) in [6.45, 7) is 4.19. The molecule has 0 saturated carbocycles. The van der Waals surface area contributed by atoms with Gasteiger partial charge in [0.15, 0.2) is 5.78 Å². The molecule has 0 radical (unpaired) electrons. The number of carbonyl (C=O) groups excluding carboxylic acids is 1. The SMILES string of the molecule is C/C(=C\C(=O)c1ccc(Br)cc1)N1CCCCC1. The average Bonchev–Trinajstić information content (AvgIpc) is 2.40. The van der Waals surface area contributed by atoms with Crippen LogP contribution in [0, 0.1) is 0 Å². The predicted octanol–water partition coefficient (Wildman–Crippen LogP) is 4.02. The number of benzene rings is 1. The van der Waals surface area contributed by atoms with Crippen LogP contribution in [0.15, 0.2) is 40.5 Å². The molecule has 1 heterocycles. The van der Waals surface area contributed by atoms with E-state index in [1.807, 2.05) is 31.2 Å². The summed E-state index contributed by atoms with van der Waals surface area (Å²) in [4.78, 5) is 14.4. The molecule has 2 rings (SSSR count). The number of hydrogen-bond donors (Lipinski definition) is 0. The van der Waals surface area contributed by atoms with Gasteiger partial charge in [-0.05, 0) is 50.5 Å². The molecule has 0 aromatic heterocycles. The van der Waals surface area contributed by atoms with Crippen LogP contribution in [-0.2, 0) is 0 Å². The Morgan fingerprint density at radius 2 is 1.78 bits per heavy atom. The van der Waals surface area contributed by atoms with Gasteiger partial charge in [0, 0.05) is 34.9 Å². The maximum absolute atomic E-state index is 12.1. The summed E-state index contributed by atoms with van der Waals surface area (Å²) in [7, 11) is 0. The summed E-state index contributed by atoms with van der Waals surface area (Å²) in [5.41, 5.74) is 1.83. The van der Waals surface area contributed by atoms with Crippen LogP contribution in [0.25, 0.3) is 0 Å². The van der Waals surface area contributed by atoms with Gasteiger partial charge in [-0.15, -0.1) is 0 Å². The highest BCUT2D eigenvalue weighted by Gasteiger charge is 2.11. The molecule has 0 bridgehead atoms. The zero-order valence-electron chi connectivity index (χ0n) is 10.7. The second kappa shape index (κ2) is 6.19. The van der Waals surface area contributed by atoms with Crippen LogP contribution in [0.5, 0.6) is 0 Å². The maximum atomic E-state index is 12.1. The number of nitrogens with zero attached hydrogens (tertiary/aromatic N) is 1. The minimum atomic E-state index is 0.0885. The van der Waals surface area contributed by atoms with Crippen molar-refractivity contribution in [2.24, 2.45) is 0 Å². The van der Waals surface area contributed by atoms with E-state index in [4.69, 9.17) is 0 Å². The van der Waals surface area contributed by atoms with Gasteiger partial charge >= 0.3 is 0 Å². The molecule has 0 aliphatic carbocycles. The highest BCUT2D eigenvalue weighted by molar-refractivity contribution is 9.10. The largest absolute Gasteiger partial charge is 0.375 e. The lowest BCUT2D eigenvalue weighted by Crippen LogP contribution is -2.28. The normalized spacial score (nSPS) is 16.8. The van der Waals surface area contributed by atoms with Gasteiger partial charge in [0.25, 0.3) is 0 Å². The zero-order valence-corrected chi connectivity index (χ0v) is 12.2. The molecular weight excluding hydrogens is 290 g/mol. The summed E-state index contributed by atoms with van der Waals surface area (Å²) in [5.74, 6) is 0.0885. The predicted molar refractivity (Wildman–Crippen MR) is 77.7 cm³/mol. The first-order valence-electron chi connectivity index (χ1n) is 6.40. The van der Waals surface area contributed by atoms with E-state index in [9.17, 15) is 4.79 Å². The Kier molecular flexibility index (Phi) is 4.59. The van der Waals surface area contributed by atoms with Crippen LogP contribution in [-0.4, -0.2) is 23.8 Å². The fourth-order valence-corrected chi connectivity index (χ4v) is 2.49. The Balaban J connectivity index is 2.06. The monoisotopic (exact) mass is 307 g/mol. The van der Waals surface area contributed by atoms with Gasteiger partial charge in [-0.25, -0.2) is 0 Å². The Morgan fingerprint density at radius 3 is 2.39 bits per heavy atom. The Labute approximate surface area is 117 Å². The summed E-state index contributed by atoms with van der Waals surface area (Å²) in [6.07, 6.45) is 5.54. The van der Waals surface area contributed by atoms with Crippen LogP contribution < -0.4 is 0 Å². The van der Waals surface area contributed by atoms with Crippen molar-refractivity contribution >= 4 is 21.7 Å². The number of hydrogen-bond acceptors (Lipinski definition) is 2. The third-order valence-electron chi connectivity index (χ3n) is 3.32. The lowest BCUT2D eigenvalue weighted by atomic mass is 10.1. The van der Waals surface area contributed by atoms with Crippen molar-refractivity contribution < 1.29 is 4.79 Å². The molecule has 18 heavy (non-hydrogen) atoms. The van der Waals surface area contributed by atoms with Crippen molar-refractivity contribution in [3.63, 3.8) is 0 Å². The van der Waals surface area contributed by atoms with Crippen molar-refractivity contribution in [3.05, 3.63) is 46.1 Å². The number of likely N-dealkylation sites (tertiary alicyclic amines) is 1. The summed E-state index contributed by atoms with van der Waals surface area (Å²) < 4.78 is 0.996. The Hall–Kier alpha value is -1.09. The van der Waals surface area contributed by atoms with Gasteiger partial charge in [0.05, 0.1) is 0 Å².